The Kier molecular flexibility index (Phi) is 5.03. The van der Waals surface area contributed by atoms with Gasteiger partial charge in [-0.05, 0) is 39.2 Å². The molecule has 0 atom stereocenters. The van der Waals surface area contributed by atoms with Crippen molar-refractivity contribution in [3.63, 3.8) is 0 Å². The smallest absolute Gasteiger partial charge is 0.465 e. The van der Waals surface area contributed by atoms with E-state index in [1.807, 2.05) is 27.7 Å². The highest BCUT2D eigenvalue weighted by Gasteiger charge is 2.52. The van der Waals surface area contributed by atoms with Gasteiger partial charge in [0.25, 0.3) is 0 Å². The molecule has 1 aliphatic rings. The average molecular weight is 333 g/mol. The molecule has 2 heterocycles. The van der Waals surface area contributed by atoms with E-state index in [2.05, 4.69) is 4.98 Å². The Morgan fingerprint density at radius 3 is 2.42 bits per heavy atom. The number of rotatable bonds is 4. The molecule has 0 spiro atoms. The van der Waals surface area contributed by atoms with E-state index in [1.165, 1.54) is 13.3 Å². The third-order valence-electron chi connectivity index (χ3n) is 4.50. The van der Waals surface area contributed by atoms with Crippen LogP contribution in [0.4, 0.5) is 5.82 Å². The number of nitrogens with two attached hydrogens (primary N) is 2. The second-order valence-electron chi connectivity index (χ2n) is 6.70. The normalized spacial score (nSPS) is 19.4. The van der Waals surface area contributed by atoms with E-state index >= 15 is 0 Å². The highest BCUT2D eigenvalue weighted by atomic mass is 16.7. The van der Waals surface area contributed by atoms with E-state index in [0.717, 1.165) is 0 Å². The van der Waals surface area contributed by atoms with Gasteiger partial charge in [-0.15, -0.1) is 0 Å². The second kappa shape index (κ2) is 6.54. The number of methoxy groups -OCH3 is 1. The minimum absolute atomic E-state index is 0.221. The molecule has 4 N–H and O–H groups in total. The van der Waals surface area contributed by atoms with Crippen molar-refractivity contribution in [1.29, 1.82) is 0 Å². The molecule has 0 bridgehead atoms. The summed E-state index contributed by atoms with van der Waals surface area (Å²) in [5.74, 6) is -0.202. The number of carbonyl (C=O) groups is 1. The van der Waals surface area contributed by atoms with Crippen LogP contribution in [0.25, 0.3) is 6.08 Å². The summed E-state index contributed by atoms with van der Waals surface area (Å²) in [7, 11) is 0.727. The van der Waals surface area contributed by atoms with Crippen LogP contribution in [0, 0.1) is 0 Å². The first-order valence-corrected chi connectivity index (χ1v) is 7.71. The summed E-state index contributed by atoms with van der Waals surface area (Å²) in [6.07, 6.45) is 3.12. The monoisotopic (exact) mass is 333 g/mol. The molecule has 130 valence electrons. The number of nitrogens with zero attached hydrogens (tertiary/aromatic N) is 1. The van der Waals surface area contributed by atoms with Gasteiger partial charge in [-0.25, -0.2) is 9.78 Å². The molecule has 0 unspecified atom stereocenters. The van der Waals surface area contributed by atoms with Crippen molar-refractivity contribution in [2.75, 3.05) is 19.4 Å². The SMILES string of the molecule is COC(=O)c1cnc(N)c(C=C(CN)B2OC(C)(C)C(C)(C)O2)c1. The number of carbonyl (C=O) groups excluding carboxylic acids is 1. The first-order valence-electron chi connectivity index (χ1n) is 7.71. The zero-order chi connectivity index (χ0) is 18.1. The van der Waals surface area contributed by atoms with Gasteiger partial charge in [0.15, 0.2) is 0 Å². The molecule has 0 aromatic carbocycles. The predicted octanol–water partition coefficient (Wildman–Crippen LogP) is 1.42. The standard InChI is InChI=1S/C16H24BN3O4/c1-15(2)16(3,4)24-17(23-15)12(8-18)7-10-6-11(14(21)22-5)9-20-13(10)19/h6-7,9H,8,18H2,1-5H3,(H2,19,20). The van der Waals surface area contributed by atoms with Crippen molar-refractivity contribution >= 4 is 25.0 Å². The van der Waals surface area contributed by atoms with Crippen LogP contribution in [0.1, 0.15) is 43.6 Å². The molecule has 1 saturated heterocycles. The van der Waals surface area contributed by atoms with Crippen LogP contribution in [0.5, 0.6) is 0 Å². The third-order valence-corrected chi connectivity index (χ3v) is 4.50. The van der Waals surface area contributed by atoms with Crippen LogP contribution in [0.2, 0.25) is 0 Å². The quantitative estimate of drug-likeness (QED) is 0.633. The van der Waals surface area contributed by atoms with E-state index in [4.69, 9.17) is 25.5 Å². The van der Waals surface area contributed by atoms with Crippen molar-refractivity contribution in [3.05, 3.63) is 28.9 Å². The molecule has 0 saturated carbocycles. The number of anilines is 1. The zero-order valence-corrected chi connectivity index (χ0v) is 14.8. The van der Waals surface area contributed by atoms with Gasteiger partial charge in [0.1, 0.15) is 5.82 Å². The number of ether oxygens (including phenoxy) is 1. The maximum absolute atomic E-state index is 11.7. The van der Waals surface area contributed by atoms with Crippen LogP contribution in [0.3, 0.4) is 0 Å². The molecule has 8 heteroatoms. The number of hydrogen-bond acceptors (Lipinski definition) is 7. The van der Waals surface area contributed by atoms with Gasteiger partial charge in [0, 0.05) is 18.3 Å². The Morgan fingerprint density at radius 1 is 1.33 bits per heavy atom. The van der Waals surface area contributed by atoms with Crippen LogP contribution in [0.15, 0.2) is 17.7 Å². The molecule has 0 radical (unpaired) electrons. The highest BCUT2D eigenvalue weighted by Crippen LogP contribution is 2.38. The molecule has 1 aromatic rings. The first-order chi connectivity index (χ1) is 11.1. The Labute approximate surface area is 142 Å². The van der Waals surface area contributed by atoms with Crippen LogP contribution in [-0.4, -0.2) is 42.9 Å². The Bertz CT molecular complexity index is 657. The lowest BCUT2D eigenvalue weighted by molar-refractivity contribution is 0.00578. The van der Waals surface area contributed by atoms with E-state index in [0.29, 0.717) is 16.6 Å². The van der Waals surface area contributed by atoms with E-state index in [9.17, 15) is 4.79 Å². The summed E-state index contributed by atoms with van der Waals surface area (Å²) < 4.78 is 16.7. The lowest BCUT2D eigenvalue weighted by Crippen LogP contribution is -2.41. The minimum Gasteiger partial charge on any atom is -0.465 e. The molecule has 0 aliphatic carbocycles. The van der Waals surface area contributed by atoms with Crippen LogP contribution >= 0.6 is 0 Å². The van der Waals surface area contributed by atoms with Crippen molar-refractivity contribution in [2.24, 2.45) is 5.73 Å². The summed E-state index contributed by atoms with van der Waals surface area (Å²) in [6, 6.07) is 1.61. The third kappa shape index (κ3) is 3.45. The number of esters is 1. The van der Waals surface area contributed by atoms with Gasteiger partial charge in [-0.3, -0.25) is 0 Å². The molecule has 1 fully saturated rings. The summed E-state index contributed by atoms with van der Waals surface area (Å²) >= 11 is 0. The Balaban J connectivity index is 2.37. The maximum Gasteiger partial charge on any atom is 0.491 e. The average Bonchev–Trinajstić information content (AvgIpc) is 2.73. The van der Waals surface area contributed by atoms with Crippen LogP contribution < -0.4 is 11.5 Å². The lowest BCUT2D eigenvalue weighted by atomic mass is 9.77. The molecular formula is C16H24BN3O4. The molecule has 7 nitrogen and oxygen atoms in total. The Hall–Kier alpha value is -1.90. The van der Waals surface area contributed by atoms with Gasteiger partial charge in [-0.2, -0.15) is 0 Å². The fourth-order valence-corrected chi connectivity index (χ4v) is 2.25. The molecule has 1 aliphatic heterocycles. The number of pyridine rings is 1. The first kappa shape index (κ1) is 18.4. The van der Waals surface area contributed by atoms with E-state index < -0.39 is 24.3 Å². The van der Waals surface area contributed by atoms with Crippen molar-refractivity contribution in [2.45, 2.75) is 38.9 Å². The lowest BCUT2D eigenvalue weighted by Gasteiger charge is -2.32. The molecule has 24 heavy (non-hydrogen) atoms. The molecule has 1 aromatic heterocycles. The van der Waals surface area contributed by atoms with E-state index in [-0.39, 0.29) is 12.4 Å². The van der Waals surface area contributed by atoms with Crippen molar-refractivity contribution in [3.8, 4) is 0 Å². The van der Waals surface area contributed by atoms with E-state index in [1.54, 1.807) is 12.1 Å². The van der Waals surface area contributed by atoms with Gasteiger partial charge in [-0.1, -0.05) is 6.08 Å². The van der Waals surface area contributed by atoms with Gasteiger partial charge >= 0.3 is 13.1 Å². The molecular weight excluding hydrogens is 309 g/mol. The van der Waals surface area contributed by atoms with Crippen molar-refractivity contribution in [1.82, 2.24) is 4.98 Å². The number of aromatic nitrogens is 1. The second-order valence-corrected chi connectivity index (χ2v) is 6.70. The maximum atomic E-state index is 11.7. The van der Waals surface area contributed by atoms with Gasteiger partial charge in [0.2, 0.25) is 0 Å². The Morgan fingerprint density at radius 2 is 1.92 bits per heavy atom. The zero-order valence-electron chi connectivity index (χ0n) is 14.8. The fraction of sp³-hybridized carbons (Fsp3) is 0.500. The summed E-state index contributed by atoms with van der Waals surface area (Å²) in [4.78, 5) is 15.7. The summed E-state index contributed by atoms with van der Waals surface area (Å²) in [5, 5.41) is 0. The highest BCUT2D eigenvalue weighted by molar-refractivity contribution is 6.56. The van der Waals surface area contributed by atoms with Gasteiger partial charge < -0.3 is 25.5 Å². The van der Waals surface area contributed by atoms with Crippen molar-refractivity contribution < 1.29 is 18.8 Å². The predicted molar refractivity (Wildman–Crippen MR) is 93.1 cm³/mol. The molecule has 0 amide bonds. The topological polar surface area (TPSA) is 110 Å². The van der Waals surface area contributed by atoms with Gasteiger partial charge in [0.05, 0.1) is 23.9 Å². The largest absolute Gasteiger partial charge is 0.491 e. The summed E-state index contributed by atoms with van der Waals surface area (Å²) in [5.41, 5.74) is 12.4. The number of nitrogen functional groups attached to an aromatic ring is 1. The fourth-order valence-electron chi connectivity index (χ4n) is 2.25. The van der Waals surface area contributed by atoms with Crippen LogP contribution in [-0.2, 0) is 14.0 Å². The summed E-state index contributed by atoms with van der Waals surface area (Å²) in [6.45, 7) is 8.09. The number of hydrogen-bond donors (Lipinski definition) is 2. The minimum atomic E-state index is -0.582. The molecule has 2 rings (SSSR count).